The number of allylic oxidation sites excluding steroid dienone is 4. The van der Waals surface area contributed by atoms with Gasteiger partial charge in [0.15, 0.2) is 5.78 Å². The second kappa shape index (κ2) is 5.06. The van der Waals surface area contributed by atoms with Crippen LogP contribution in [0.2, 0.25) is 0 Å². The average Bonchev–Trinajstić information content (AvgIpc) is 2.61. The highest BCUT2D eigenvalue weighted by molar-refractivity contribution is 5.93. The van der Waals surface area contributed by atoms with E-state index >= 15 is 0 Å². The predicted molar refractivity (Wildman–Crippen MR) is 90.1 cm³/mol. The minimum atomic E-state index is -0.578. The van der Waals surface area contributed by atoms with Gasteiger partial charge in [-0.25, -0.2) is 0 Å². The van der Waals surface area contributed by atoms with Gasteiger partial charge in [-0.05, 0) is 79.6 Å². The van der Waals surface area contributed by atoms with E-state index in [4.69, 9.17) is 0 Å². The molecule has 2 bridgehead atoms. The molecular weight excluding hydrogens is 300 g/mol. The zero-order valence-corrected chi connectivity index (χ0v) is 14.1. The summed E-state index contributed by atoms with van der Waals surface area (Å²) in [7, 11) is 0. The van der Waals surface area contributed by atoms with Gasteiger partial charge in [0.05, 0.1) is 5.92 Å². The van der Waals surface area contributed by atoms with Crippen molar-refractivity contribution in [3.63, 3.8) is 0 Å². The lowest BCUT2D eigenvalue weighted by atomic mass is 9.40. The largest absolute Gasteiger partial charge is 0.481 e. The van der Waals surface area contributed by atoms with E-state index in [2.05, 4.69) is 18.2 Å². The van der Waals surface area contributed by atoms with E-state index in [-0.39, 0.29) is 17.3 Å². The first-order chi connectivity index (χ1) is 11.6. The Morgan fingerprint density at radius 1 is 1.17 bits per heavy atom. The van der Waals surface area contributed by atoms with Crippen molar-refractivity contribution >= 4 is 11.8 Å². The van der Waals surface area contributed by atoms with E-state index < -0.39 is 5.97 Å². The first-order valence-electron chi connectivity index (χ1n) is 9.74. The zero-order chi connectivity index (χ0) is 16.5. The summed E-state index contributed by atoms with van der Waals surface area (Å²) < 4.78 is 0. The van der Waals surface area contributed by atoms with Crippen LogP contribution in [-0.2, 0) is 9.59 Å². The summed E-state index contributed by atoms with van der Waals surface area (Å²) in [6, 6.07) is 0. The van der Waals surface area contributed by atoms with E-state index in [9.17, 15) is 14.7 Å². The number of rotatable bonds is 1. The van der Waals surface area contributed by atoms with Crippen LogP contribution in [0, 0.1) is 46.8 Å². The van der Waals surface area contributed by atoms with E-state index in [0.717, 1.165) is 38.5 Å². The van der Waals surface area contributed by atoms with Gasteiger partial charge in [0.2, 0.25) is 0 Å². The Morgan fingerprint density at radius 3 is 2.88 bits per heavy atom. The summed E-state index contributed by atoms with van der Waals surface area (Å²) in [6.45, 7) is 0. The van der Waals surface area contributed by atoms with Gasteiger partial charge in [-0.15, -0.1) is 0 Å². The van der Waals surface area contributed by atoms with Crippen LogP contribution in [0.15, 0.2) is 24.3 Å². The maximum atomic E-state index is 12.5. The van der Waals surface area contributed by atoms with E-state index in [1.807, 2.05) is 6.08 Å². The van der Waals surface area contributed by atoms with Crippen molar-refractivity contribution < 1.29 is 14.7 Å². The van der Waals surface area contributed by atoms with Crippen LogP contribution in [0.1, 0.15) is 44.9 Å². The highest BCUT2D eigenvalue weighted by Gasteiger charge is 2.62. The highest BCUT2D eigenvalue weighted by Crippen LogP contribution is 2.67. The summed E-state index contributed by atoms with van der Waals surface area (Å²) in [5.41, 5.74) is 0.168. The second-order valence-corrected chi connectivity index (χ2v) is 8.89. The van der Waals surface area contributed by atoms with Gasteiger partial charge in [0.25, 0.3) is 0 Å². The van der Waals surface area contributed by atoms with Gasteiger partial charge in [0, 0.05) is 5.92 Å². The van der Waals surface area contributed by atoms with Gasteiger partial charge in [-0.2, -0.15) is 0 Å². The molecule has 3 heteroatoms. The fraction of sp³-hybridized carbons (Fsp3) is 0.714. The molecule has 0 radical (unpaired) electrons. The number of fused-ring (bicyclic) bond motifs is 1. The minimum absolute atomic E-state index is 0.130. The Morgan fingerprint density at radius 2 is 2.04 bits per heavy atom. The molecule has 1 spiro atoms. The topological polar surface area (TPSA) is 54.4 Å². The Labute approximate surface area is 143 Å². The molecular formula is C21H26O3. The molecule has 0 aromatic heterocycles. The third-order valence-electron chi connectivity index (χ3n) is 8.32. The van der Waals surface area contributed by atoms with Gasteiger partial charge >= 0.3 is 5.97 Å². The Hall–Kier alpha value is -1.38. The third-order valence-corrected chi connectivity index (χ3v) is 8.32. The van der Waals surface area contributed by atoms with Crippen molar-refractivity contribution in [2.45, 2.75) is 44.9 Å². The molecule has 8 atom stereocenters. The molecule has 0 heterocycles. The molecule has 0 saturated heterocycles. The molecule has 6 rings (SSSR count). The molecule has 3 fully saturated rings. The average molecular weight is 326 g/mol. The molecule has 3 saturated carbocycles. The molecule has 0 amide bonds. The number of carboxylic acids is 1. The van der Waals surface area contributed by atoms with Crippen LogP contribution in [-0.4, -0.2) is 16.9 Å². The van der Waals surface area contributed by atoms with Gasteiger partial charge < -0.3 is 5.11 Å². The molecule has 3 nitrogen and oxygen atoms in total. The van der Waals surface area contributed by atoms with Gasteiger partial charge in [0.1, 0.15) is 0 Å². The van der Waals surface area contributed by atoms with Crippen molar-refractivity contribution in [3.8, 4) is 0 Å². The van der Waals surface area contributed by atoms with Crippen molar-refractivity contribution in [3.05, 3.63) is 24.3 Å². The number of carbonyl (C=O) groups is 2. The summed E-state index contributed by atoms with van der Waals surface area (Å²) in [6.07, 6.45) is 16.1. The maximum absolute atomic E-state index is 12.5. The molecule has 128 valence electrons. The number of aliphatic carboxylic acids is 1. The molecule has 24 heavy (non-hydrogen) atoms. The van der Waals surface area contributed by atoms with Crippen LogP contribution in [0.25, 0.3) is 0 Å². The molecule has 0 aliphatic heterocycles. The lowest BCUT2D eigenvalue weighted by Gasteiger charge is -2.64. The summed E-state index contributed by atoms with van der Waals surface area (Å²) in [5, 5.41) is 9.66. The van der Waals surface area contributed by atoms with Gasteiger partial charge in [-0.1, -0.05) is 24.6 Å². The first kappa shape index (κ1) is 14.9. The molecule has 0 aromatic carbocycles. The van der Waals surface area contributed by atoms with E-state index in [1.54, 1.807) is 0 Å². The normalized spacial score (nSPS) is 51.7. The molecule has 8 unspecified atom stereocenters. The summed E-state index contributed by atoms with van der Waals surface area (Å²) in [5.74, 6) is 2.22. The Bertz CT molecular complexity index is 647. The van der Waals surface area contributed by atoms with Crippen LogP contribution in [0.3, 0.4) is 0 Å². The zero-order valence-electron chi connectivity index (χ0n) is 14.1. The number of hydrogen-bond donors (Lipinski definition) is 1. The van der Waals surface area contributed by atoms with E-state index in [0.29, 0.717) is 35.4 Å². The fourth-order valence-corrected chi connectivity index (χ4v) is 7.50. The van der Waals surface area contributed by atoms with Crippen LogP contribution in [0.5, 0.6) is 0 Å². The van der Waals surface area contributed by atoms with E-state index in [1.165, 1.54) is 6.42 Å². The van der Waals surface area contributed by atoms with Crippen molar-refractivity contribution in [1.82, 2.24) is 0 Å². The Balaban J connectivity index is 1.53. The third kappa shape index (κ3) is 1.79. The number of ketones is 1. The fourth-order valence-electron chi connectivity index (χ4n) is 7.50. The number of carboxylic acid groups (broad SMARTS) is 1. The molecule has 6 aliphatic rings. The van der Waals surface area contributed by atoms with Crippen molar-refractivity contribution in [2.24, 2.45) is 46.8 Å². The van der Waals surface area contributed by atoms with Gasteiger partial charge in [-0.3, -0.25) is 9.59 Å². The minimum Gasteiger partial charge on any atom is -0.481 e. The standard InChI is InChI=1S/C21H26O3/c22-18-6-2-5-16-19(18)12-7-9-21(16)10-8-13-14(17(21)11-12)3-1-4-15(13)20(23)24/h2,6-7,9,12-17,19H,1,3-5,8,10-11H2,(H,23,24). The maximum Gasteiger partial charge on any atom is 0.306 e. The smallest absolute Gasteiger partial charge is 0.306 e. The molecule has 0 aromatic rings. The first-order valence-corrected chi connectivity index (χ1v) is 9.74. The number of carbonyl (C=O) groups excluding carboxylic acids is 1. The van der Waals surface area contributed by atoms with Crippen LogP contribution < -0.4 is 0 Å². The molecule has 6 aliphatic carbocycles. The Kier molecular flexibility index (Phi) is 3.15. The van der Waals surface area contributed by atoms with Crippen LogP contribution >= 0.6 is 0 Å². The predicted octanol–water partition coefficient (Wildman–Crippen LogP) is 3.85. The second-order valence-electron chi connectivity index (χ2n) is 8.89. The summed E-state index contributed by atoms with van der Waals surface area (Å²) in [4.78, 5) is 24.2. The lowest BCUT2D eigenvalue weighted by molar-refractivity contribution is -0.157. The van der Waals surface area contributed by atoms with Crippen molar-refractivity contribution in [1.29, 1.82) is 0 Å². The quantitative estimate of drug-likeness (QED) is 0.745. The van der Waals surface area contributed by atoms with Crippen molar-refractivity contribution in [2.75, 3.05) is 0 Å². The lowest BCUT2D eigenvalue weighted by Crippen LogP contribution is -2.59. The SMILES string of the molecule is O=C(O)C1CCCC2C1CCC13C=CC(CC21)C1C(=O)C=CCC13. The van der Waals surface area contributed by atoms with Crippen LogP contribution in [0.4, 0.5) is 0 Å². The highest BCUT2D eigenvalue weighted by atomic mass is 16.4. The summed E-state index contributed by atoms with van der Waals surface area (Å²) >= 11 is 0. The molecule has 1 N–H and O–H groups in total. The monoisotopic (exact) mass is 326 g/mol. The number of hydrogen-bond acceptors (Lipinski definition) is 2.